The zero-order valence-corrected chi connectivity index (χ0v) is 17.2. The number of carbonyl (C=O) groups is 2. The number of hydrogen-bond acceptors (Lipinski definition) is 4. The van der Waals surface area contributed by atoms with Crippen LogP contribution in [0.4, 0.5) is 5.69 Å². The summed E-state index contributed by atoms with van der Waals surface area (Å²) in [6.45, 7) is 2.03. The summed E-state index contributed by atoms with van der Waals surface area (Å²) in [7, 11) is 4.01. The summed E-state index contributed by atoms with van der Waals surface area (Å²) in [5.74, 6) is -1.63. The van der Waals surface area contributed by atoms with Crippen molar-refractivity contribution >= 4 is 23.5 Å². The molecule has 2 aromatic carbocycles. The molecule has 150 valence electrons. The first kappa shape index (κ1) is 20.6. The van der Waals surface area contributed by atoms with Gasteiger partial charge < -0.3 is 9.64 Å². The second-order valence-electron chi connectivity index (χ2n) is 7.39. The lowest BCUT2D eigenvalue weighted by molar-refractivity contribution is -0.151. The number of ether oxygens (including phenoxy) is 1. The summed E-state index contributed by atoms with van der Waals surface area (Å²) in [5.41, 5.74) is 4.10. The molecule has 0 aliphatic heterocycles. The van der Waals surface area contributed by atoms with Gasteiger partial charge in [-0.05, 0) is 48.3 Å². The van der Waals surface area contributed by atoms with E-state index in [1.54, 1.807) is 13.0 Å². The molecule has 0 saturated carbocycles. The minimum atomic E-state index is -0.783. The molecule has 1 aliphatic carbocycles. The first-order valence-corrected chi connectivity index (χ1v) is 9.91. The van der Waals surface area contributed by atoms with Crippen molar-refractivity contribution in [2.75, 3.05) is 25.6 Å². The molecular formula is C25H27NO3. The highest BCUT2D eigenvalue weighted by Crippen LogP contribution is 2.37. The average Bonchev–Trinajstić information content (AvgIpc) is 2.73. The van der Waals surface area contributed by atoms with E-state index in [2.05, 4.69) is 17.0 Å². The zero-order chi connectivity index (χ0) is 20.8. The van der Waals surface area contributed by atoms with Crippen molar-refractivity contribution in [3.63, 3.8) is 0 Å². The first-order valence-electron chi connectivity index (χ1n) is 9.91. The van der Waals surface area contributed by atoms with Gasteiger partial charge in [0.15, 0.2) is 5.78 Å². The number of carbonyl (C=O) groups excluding carboxylic acids is 2. The Bertz CT molecular complexity index is 911. The fourth-order valence-electron chi connectivity index (χ4n) is 3.63. The second kappa shape index (κ2) is 9.37. The maximum Gasteiger partial charge on any atom is 0.317 e. The van der Waals surface area contributed by atoms with Crippen LogP contribution in [-0.4, -0.2) is 32.5 Å². The molecule has 0 radical (unpaired) electrons. The van der Waals surface area contributed by atoms with Gasteiger partial charge in [0.05, 0.1) is 6.61 Å². The molecule has 1 aliphatic rings. The van der Waals surface area contributed by atoms with Gasteiger partial charge in [0.1, 0.15) is 5.92 Å². The van der Waals surface area contributed by atoms with Crippen LogP contribution in [0.5, 0.6) is 0 Å². The lowest BCUT2D eigenvalue weighted by Gasteiger charge is -2.28. The predicted molar refractivity (Wildman–Crippen MR) is 117 cm³/mol. The van der Waals surface area contributed by atoms with Crippen molar-refractivity contribution < 1.29 is 14.3 Å². The molecule has 2 unspecified atom stereocenters. The van der Waals surface area contributed by atoms with E-state index in [4.69, 9.17) is 4.74 Å². The second-order valence-corrected chi connectivity index (χ2v) is 7.39. The Labute approximate surface area is 172 Å². The molecule has 3 rings (SSSR count). The lowest BCUT2D eigenvalue weighted by Crippen LogP contribution is -2.34. The van der Waals surface area contributed by atoms with E-state index in [9.17, 15) is 9.59 Å². The van der Waals surface area contributed by atoms with Crippen LogP contribution in [-0.2, 0) is 14.3 Å². The summed E-state index contributed by atoms with van der Waals surface area (Å²) in [6.07, 6.45) is 6.18. The fraction of sp³-hybridized carbons (Fsp3) is 0.280. The monoisotopic (exact) mass is 389 g/mol. The van der Waals surface area contributed by atoms with Crippen LogP contribution in [0, 0.1) is 5.92 Å². The summed E-state index contributed by atoms with van der Waals surface area (Å²) in [4.78, 5) is 27.3. The highest BCUT2D eigenvalue weighted by atomic mass is 16.5. The van der Waals surface area contributed by atoms with Crippen LogP contribution in [0.25, 0.3) is 6.08 Å². The molecule has 29 heavy (non-hydrogen) atoms. The van der Waals surface area contributed by atoms with E-state index in [1.165, 1.54) is 0 Å². The van der Waals surface area contributed by atoms with E-state index in [0.29, 0.717) is 6.42 Å². The topological polar surface area (TPSA) is 46.6 Å². The quantitative estimate of drug-likeness (QED) is 0.534. The Kier molecular flexibility index (Phi) is 6.65. The van der Waals surface area contributed by atoms with Crippen molar-refractivity contribution in [3.05, 3.63) is 83.4 Å². The summed E-state index contributed by atoms with van der Waals surface area (Å²) in [6, 6.07) is 18.0. The third kappa shape index (κ3) is 5.02. The van der Waals surface area contributed by atoms with Crippen LogP contribution >= 0.6 is 0 Å². The largest absolute Gasteiger partial charge is 0.465 e. The van der Waals surface area contributed by atoms with Gasteiger partial charge in [0.25, 0.3) is 0 Å². The molecule has 0 spiro atoms. The third-order valence-corrected chi connectivity index (χ3v) is 5.16. The van der Waals surface area contributed by atoms with Crippen LogP contribution in [0.3, 0.4) is 0 Å². The average molecular weight is 389 g/mol. The standard InChI is InChI=1S/C25H27NO3/c1-4-29-25(28)24-22(20-8-6-5-7-9-20)16-19(17-23(24)27)11-10-18-12-14-21(15-13-18)26(2)3/h5-15,17,22,24H,4,16H2,1-3H3. The van der Waals surface area contributed by atoms with E-state index in [-0.39, 0.29) is 18.3 Å². The van der Waals surface area contributed by atoms with Crippen molar-refractivity contribution in [3.8, 4) is 0 Å². The maximum absolute atomic E-state index is 12.8. The van der Waals surface area contributed by atoms with Gasteiger partial charge in [-0.2, -0.15) is 0 Å². The number of ketones is 1. The minimum absolute atomic E-state index is 0.189. The van der Waals surface area contributed by atoms with Gasteiger partial charge in [0.2, 0.25) is 0 Å². The summed E-state index contributed by atoms with van der Waals surface area (Å²) in [5, 5.41) is 0. The van der Waals surface area contributed by atoms with E-state index in [1.807, 2.05) is 68.7 Å². The third-order valence-electron chi connectivity index (χ3n) is 5.16. The van der Waals surface area contributed by atoms with Crippen LogP contribution in [0.1, 0.15) is 30.4 Å². The molecule has 2 aromatic rings. The Morgan fingerprint density at radius 3 is 2.38 bits per heavy atom. The first-order chi connectivity index (χ1) is 14.0. The normalized spacial score (nSPS) is 19.1. The summed E-state index contributed by atoms with van der Waals surface area (Å²) >= 11 is 0. The predicted octanol–water partition coefficient (Wildman–Crippen LogP) is 4.63. The van der Waals surface area contributed by atoms with Crippen molar-refractivity contribution in [1.29, 1.82) is 0 Å². The number of allylic oxidation sites excluding steroid dienone is 3. The number of rotatable bonds is 6. The molecule has 4 nitrogen and oxygen atoms in total. The Morgan fingerprint density at radius 2 is 1.76 bits per heavy atom. The van der Waals surface area contributed by atoms with Gasteiger partial charge in [-0.15, -0.1) is 0 Å². The Balaban J connectivity index is 1.85. The van der Waals surface area contributed by atoms with Crippen LogP contribution in [0.15, 0.2) is 72.3 Å². The molecular weight excluding hydrogens is 362 g/mol. The van der Waals surface area contributed by atoms with Gasteiger partial charge >= 0.3 is 5.97 Å². The highest BCUT2D eigenvalue weighted by Gasteiger charge is 2.38. The Morgan fingerprint density at radius 1 is 1.07 bits per heavy atom. The Hall–Kier alpha value is -3.14. The van der Waals surface area contributed by atoms with Gasteiger partial charge in [0, 0.05) is 25.7 Å². The maximum atomic E-state index is 12.8. The fourth-order valence-corrected chi connectivity index (χ4v) is 3.63. The van der Waals surface area contributed by atoms with Crippen molar-refractivity contribution in [2.24, 2.45) is 5.92 Å². The zero-order valence-electron chi connectivity index (χ0n) is 17.2. The smallest absolute Gasteiger partial charge is 0.317 e. The van der Waals surface area contributed by atoms with Gasteiger partial charge in [-0.1, -0.05) is 54.6 Å². The number of anilines is 1. The number of esters is 1. The summed E-state index contributed by atoms with van der Waals surface area (Å²) < 4.78 is 5.19. The van der Waals surface area contributed by atoms with Crippen molar-refractivity contribution in [1.82, 2.24) is 0 Å². The van der Waals surface area contributed by atoms with Crippen molar-refractivity contribution in [2.45, 2.75) is 19.3 Å². The molecule has 0 amide bonds. The molecule has 2 atom stereocenters. The van der Waals surface area contributed by atoms with Gasteiger partial charge in [-0.25, -0.2) is 0 Å². The minimum Gasteiger partial charge on any atom is -0.465 e. The van der Waals surface area contributed by atoms with E-state index < -0.39 is 11.9 Å². The SMILES string of the molecule is CCOC(=O)C1C(=O)C=C(C=Cc2ccc(N(C)C)cc2)CC1c1ccccc1. The number of benzene rings is 2. The van der Waals surface area contributed by atoms with Crippen LogP contribution < -0.4 is 4.90 Å². The molecule has 0 N–H and O–H groups in total. The lowest BCUT2D eigenvalue weighted by atomic mass is 9.75. The number of hydrogen-bond donors (Lipinski definition) is 0. The molecule has 4 heteroatoms. The van der Waals surface area contributed by atoms with Gasteiger partial charge in [-0.3, -0.25) is 9.59 Å². The van der Waals surface area contributed by atoms with E-state index >= 15 is 0 Å². The number of nitrogens with zero attached hydrogens (tertiary/aromatic N) is 1. The van der Waals surface area contributed by atoms with Crippen LogP contribution in [0.2, 0.25) is 0 Å². The highest BCUT2D eigenvalue weighted by molar-refractivity contribution is 6.07. The molecule has 0 bridgehead atoms. The molecule has 0 aromatic heterocycles. The molecule has 0 fully saturated rings. The molecule has 0 heterocycles. The molecule has 0 saturated heterocycles. The van der Waals surface area contributed by atoms with E-state index in [0.717, 1.165) is 22.4 Å².